The second-order valence-electron chi connectivity index (χ2n) is 4.00. The zero-order valence-electron chi connectivity index (χ0n) is 11.0. The highest BCUT2D eigenvalue weighted by molar-refractivity contribution is 9.24. The van der Waals surface area contributed by atoms with Gasteiger partial charge in [0.25, 0.3) is 0 Å². The molecule has 0 atom stereocenters. The summed E-state index contributed by atoms with van der Waals surface area (Å²) in [5.41, 5.74) is 1.27. The highest BCUT2D eigenvalue weighted by Crippen LogP contribution is 2.37. The molecule has 0 aromatic heterocycles. The van der Waals surface area contributed by atoms with Gasteiger partial charge in [-0.15, -0.1) is 0 Å². The van der Waals surface area contributed by atoms with Gasteiger partial charge in [0.1, 0.15) is 11.3 Å². The fourth-order valence-electron chi connectivity index (χ4n) is 1.70. The number of carbonyl (C=O) groups is 2. The van der Waals surface area contributed by atoms with Crippen molar-refractivity contribution in [1.29, 1.82) is 0 Å². The minimum absolute atomic E-state index is 0.0394. The van der Waals surface area contributed by atoms with E-state index < -0.39 is 11.9 Å². The van der Waals surface area contributed by atoms with Crippen molar-refractivity contribution < 1.29 is 24.2 Å². The lowest BCUT2D eigenvalue weighted by atomic mass is 10.0. The zero-order chi connectivity index (χ0) is 15.3. The number of aromatic carboxylic acids is 1. The molecule has 0 fully saturated rings. The molecule has 1 rings (SSSR count). The number of benzene rings is 1. The summed E-state index contributed by atoms with van der Waals surface area (Å²) in [7, 11) is 1.58. The Morgan fingerprint density at radius 1 is 1.35 bits per heavy atom. The molecule has 0 radical (unpaired) electrons. The molecule has 0 unspecified atom stereocenters. The minimum atomic E-state index is -1.15. The normalized spacial score (nSPS) is 10.7. The molecule has 0 aliphatic rings. The van der Waals surface area contributed by atoms with Crippen LogP contribution in [0.2, 0.25) is 0 Å². The maximum atomic E-state index is 11.4. The number of esters is 1. The van der Waals surface area contributed by atoms with Crippen molar-refractivity contribution in [3.05, 3.63) is 28.8 Å². The lowest BCUT2D eigenvalue weighted by Crippen LogP contribution is -2.11. The van der Waals surface area contributed by atoms with Crippen molar-refractivity contribution >= 4 is 43.8 Å². The number of hydrogen-bond acceptors (Lipinski definition) is 4. The van der Waals surface area contributed by atoms with E-state index in [1.54, 1.807) is 19.2 Å². The first-order chi connectivity index (χ1) is 9.36. The first-order valence-corrected chi connectivity index (χ1v) is 7.55. The van der Waals surface area contributed by atoms with Gasteiger partial charge >= 0.3 is 11.9 Å². The molecule has 0 saturated carbocycles. The first-order valence-electron chi connectivity index (χ1n) is 5.72. The van der Waals surface area contributed by atoms with Crippen LogP contribution in [0.5, 0.6) is 5.75 Å². The van der Waals surface area contributed by atoms with Gasteiger partial charge in [-0.05, 0) is 23.6 Å². The number of alkyl halides is 2. The van der Waals surface area contributed by atoms with E-state index in [0.29, 0.717) is 18.6 Å². The van der Waals surface area contributed by atoms with Crippen LogP contribution in [-0.4, -0.2) is 30.8 Å². The van der Waals surface area contributed by atoms with E-state index in [2.05, 4.69) is 31.9 Å². The van der Waals surface area contributed by atoms with Gasteiger partial charge in [0, 0.05) is 14.0 Å². The van der Waals surface area contributed by atoms with Crippen LogP contribution in [0.1, 0.15) is 32.1 Å². The SMILES string of the molecule is COCCc1cc(OC(C)=O)c(C(=O)O)c(C(Br)Br)c1. The average Bonchev–Trinajstić information content (AvgIpc) is 2.34. The van der Waals surface area contributed by atoms with E-state index in [-0.39, 0.29) is 15.0 Å². The smallest absolute Gasteiger partial charge is 0.339 e. The molecular weight excluding hydrogens is 396 g/mol. The van der Waals surface area contributed by atoms with E-state index in [0.717, 1.165) is 5.56 Å². The molecule has 110 valence electrons. The highest BCUT2D eigenvalue weighted by Gasteiger charge is 2.22. The van der Waals surface area contributed by atoms with Crippen LogP contribution in [0.15, 0.2) is 12.1 Å². The largest absolute Gasteiger partial charge is 0.478 e. The minimum Gasteiger partial charge on any atom is -0.478 e. The Morgan fingerprint density at radius 2 is 2.00 bits per heavy atom. The molecular formula is C13H14Br2O5. The van der Waals surface area contributed by atoms with Gasteiger partial charge in [0.15, 0.2) is 0 Å². The number of halogens is 2. The molecule has 0 aliphatic heterocycles. The molecule has 0 aliphatic carbocycles. The van der Waals surface area contributed by atoms with Crippen molar-refractivity contribution in [2.45, 2.75) is 17.1 Å². The molecule has 5 nitrogen and oxygen atoms in total. The van der Waals surface area contributed by atoms with Gasteiger partial charge in [-0.2, -0.15) is 0 Å². The average molecular weight is 410 g/mol. The first kappa shape index (κ1) is 17.1. The Bertz CT molecular complexity index is 514. The molecule has 1 aromatic rings. The van der Waals surface area contributed by atoms with E-state index in [9.17, 15) is 14.7 Å². The highest BCUT2D eigenvalue weighted by atomic mass is 79.9. The van der Waals surface area contributed by atoms with Gasteiger partial charge in [-0.25, -0.2) is 4.79 Å². The predicted octanol–water partition coefficient (Wildman–Crippen LogP) is 3.29. The Kier molecular flexibility index (Phi) is 6.64. The van der Waals surface area contributed by atoms with E-state index in [1.807, 2.05) is 0 Å². The molecule has 20 heavy (non-hydrogen) atoms. The second-order valence-corrected chi connectivity index (χ2v) is 7.06. The van der Waals surface area contributed by atoms with E-state index >= 15 is 0 Å². The monoisotopic (exact) mass is 408 g/mol. The van der Waals surface area contributed by atoms with Crippen molar-refractivity contribution in [2.75, 3.05) is 13.7 Å². The van der Waals surface area contributed by atoms with Crippen molar-refractivity contribution in [2.24, 2.45) is 0 Å². The fraction of sp³-hybridized carbons (Fsp3) is 0.385. The molecule has 0 heterocycles. The predicted molar refractivity (Wildman–Crippen MR) is 80.9 cm³/mol. The number of methoxy groups -OCH3 is 1. The van der Waals surface area contributed by atoms with E-state index in [4.69, 9.17) is 9.47 Å². The lowest BCUT2D eigenvalue weighted by molar-refractivity contribution is -0.131. The van der Waals surface area contributed by atoms with Crippen LogP contribution < -0.4 is 4.74 Å². The van der Waals surface area contributed by atoms with Crippen LogP contribution in [0, 0.1) is 0 Å². The number of carbonyl (C=O) groups excluding carboxylic acids is 1. The van der Waals surface area contributed by atoms with Gasteiger partial charge in [-0.3, -0.25) is 4.79 Å². The Balaban J connectivity index is 3.37. The summed E-state index contributed by atoms with van der Waals surface area (Å²) in [6.07, 6.45) is 0.588. The molecule has 0 bridgehead atoms. The van der Waals surface area contributed by atoms with Crippen LogP contribution in [0.3, 0.4) is 0 Å². The molecule has 1 aromatic carbocycles. The summed E-state index contributed by atoms with van der Waals surface area (Å²) >= 11 is 6.57. The fourth-order valence-corrected chi connectivity index (χ4v) is 2.42. The van der Waals surface area contributed by atoms with Gasteiger partial charge < -0.3 is 14.6 Å². The quantitative estimate of drug-likeness (QED) is 0.443. The number of carboxylic acid groups (broad SMARTS) is 1. The van der Waals surface area contributed by atoms with Crippen LogP contribution in [0.25, 0.3) is 0 Å². The summed E-state index contributed by atoms with van der Waals surface area (Å²) in [4.78, 5) is 22.5. The summed E-state index contributed by atoms with van der Waals surface area (Å²) < 4.78 is 9.65. The maximum Gasteiger partial charge on any atom is 0.339 e. The van der Waals surface area contributed by atoms with Crippen molar-refractivity contribution in [3.8, 4) is 5.75 Å². The van der Waals surface area contributed by atoms with Crippen LogP contribution >= 0.6 is 31.9 Å². The molecule has 1 N–H and O–H groups in total. The van der Waals surface area contributed by atoms with Crippen molar-refractivity contribution in [1.82, 2.24) is 0 Å². The number of carboxylic acids is 1. The molecule has 0 spiro atoms. The van der Waals surface area contributed by atoms with E-state index in [1.165, 1.54) is 6.92 Å². The maximum absolute atomic E-state index is 11.4. The summed E-state index contributed by atoms with van der Waals surface area (Å²) in [6.45, 7) is 1.72. The Hall–Kier alpha value is -0.920. The lowest BCUT2D eigenvalue weighted by Gasteiger charge is -2.14. The van der Waals surface area contributed by atoms with Gasteiger partial charge in [-0.1, -0.05) is 37.9 Å². The summed E-state index contributed by atoms with van der Waals surface area (Å²) in [5, 5.41) is 9.32. The standard InChI is InChI=1S/C13H14Br2O5/c1-7(16)20-10-6-8(3-4-19-2)5-9(12(14)15)11(10)13(17)18/h5-6,12H,3-4H2,1-2H3,(H,17,18). The third-order valence-corrected chi connectivity index (χ3v) is 3.48. The van der Waals surface area contributed by atoms with Crippen LogP contribution in [0.4, 0.5) is 0 Å². The summed E-state index contributed by atoms with van der Waals surface area (Å²) in [6, 6.07) is 3.29. The second kappa shape index (κ2) is 7.75. The summed E-state index contributed by atoms with van der Waals surface area (Å²) in [5.74, 6) is -1.68. The Morgan fingerprint density at radius 3 is 2.45 bits per heavy atom. The number of hydrogen-bond donors (Lipinski definition) is 1. The topological polar surface area (TPSA) is 72.8 Å². The molecule has 0 saturated heterocycles. The van der Waals surface area contributed by atoms with Crippen LogP contribution in [-0.2, 0) is 16.0 Å². The third-order valence-electron chi connectivity index (χ3n) is 2.49. The third kappa shape index (κ3) is 4.57. The number of rotatable bonds is 6. The molecule has 0 amide bonds. The van der Waals surface area contributed by atoms with Gasteiger partial charge in [0.05, 0.1) is 10.3 Å². The Labute approximate surface area is 133 Å². The van der Waals surface area contributed by atoms with Crippen molar-refractivity contribution in [3.63, 3.8) is 0 Å². The zero-order valence-corrected chi connectivity index (χ0v) is 14.2. The molecule has 7 heteroatoms. The number of ether oxygens (including phenoxy) is 2. The van der Waals surface area contributed by atoms with Gasteiger partial charge in [0.2, 0.25) is 0 Å².